The summed E-state index contributed by atoms with van der Waals surface area (Å²) in [5, 5.41) is 15.3. The minimum Gasteiger partial charge on any atom is -0.379 e. The molecule has 0 bridgehead atoms. The molecule has 3 rings (SSSR count). The first-order chi connectivity index (χ1) is 14.2. The van der Waals surface area contributed by atoms with Crippen LogP contribution in [0.25, 0.3) is 0 Å². The number of aromatic nitrogens is 3. The van der Waals surface area contributed by atoms with Crippen LogP contribution < -0.4 is 10.6 Å². The second-order valence-corrected chi connectivity index (χ2v) is 7.83. The Morgan fingerprint density at radius 1 is 1.31 bits per heavy atom. The zero-order chi connectivity index (χ0) is 20.5. The van der Waals surface area contributed by atoms with Crippen LogP contribution in [0.15, 0.2) is 4.99 Å². The van der Waals surface area contributed by atoms with E-state index in [1.165, 1.54) is 19.4 Å². The van der Waals surface area contributed by atoms with Crippen LogP contribution in [0.3, 0.4) is 0 Å². The first-order valence-electron chi connectivity index (χ1n) is 11.0. The molecule has 29 heavy (non-hydrogen) atoms. The lowest BCUT2D eigenvalue weighted by Crippen LogP contribution is -2.45. The van der Waals surface area contributed by atoms with Crippen LogP contribution in [0.1, 0.15) is 44.3 Å². The molecule has 2 atom stereocenters. The second kappa shape index (κ2) is 11.5. The van der Waals surface area contributed by atoms with Gasteiger partial charge in [-0.15, -0.1) is 10.2 Å². The lowest BCUT2D eigenvalue weighted by atomic mass is 10.2. The van der Waals surface area contributed by atoms with Gasteiger partial charge in [0.25, 0.3) is 0 Å². The largest absolute Gasteiger partial charge is 0.379 e. The highest BCUT2D eigenvalue weighted by molar-refractivity contribution is 5.79. The Kier molecular flexibility index (Phi) is 8.69. The normalized spacial score (nSPS) is 23.1. The Hall–Kier alpha value is -1.71. The molecule has 2 N–H and O–H groups in total. The van der Waals surface area contributed by atoms with E-state index in [-0.39, 0.29) is 6.10 Å². The number of hydrogen-bond donors (Lipinski definition) is 2. The molecule has 9 heteroatoms. The van der Waals surface area contributed by atoms with E-state index in [4.69, 9.17) is 14.5 Å². The molecule has 0 spiro atoms. The number of likely N-dealkylation sites (N-methyl/N-ethyl adjacent to an activating group) is 1. The summed E-state index contributed by atoms with van der Waals surface area (Å²) in [6.07, 6.45) is 4.73. The van der Waals surface area contributed by atoms with Gasteiger partial charge in [-0.1, -0.05) is 6.92 Å². The second-order valence-electron chi connectivity index (χ2n) is 7.83. The van der Waals surface area contributed by atoms with Crippen molar-refractivity contribution in [1.29, 1.82) is 0 Å². The van der Waals surface area contributed by atoms with E-state index >= 15 is 0 Å². The number of ether oxygens (including phenoxy) is 2. The summed E-state index contributed by atoms with van der Waals surface area (Å²) >= 11 is 0. The predicted molar refractivity (Wildman–Crippen MR) is 113 cm³/mol. The van der Waals surface area contributed by atoms with Gasteiger partial charge in [0.15, 0.2) is 11.8 Å². The van der Waals surface area contributed by atoms with E-state index in [1.807, 2.05) is 18.5 Å². The molecule has 1 aromatic rings. The number of nitrogens with zero attached hydrogens (tertiary/aromatic N) is 5. The van der Waals surface area contributed by atoms with Crippen LogP contribution in [-0.2, 0) is 23.1 Å². The van der Waals surface area contributed by atoms with Crippen LogP contribution in [0.2, 0.25) is 0 Å². The van der Waals surface area contributed by atoms with Gasteiger partial charge < -0.3 is 24.7 Å². The van der Waals surface area contributed by atoms with E-state index in [0.717, 1.165) is 69.9 Å². The number of likely N-dealkylation sites (tertiary alicyclic amines) is 1. The maximum Gasteiger partial charge on any atom is 0.191 e. The lowest BCUT2D eigenvalue weighted by Gasteiger charge is -2.24. The quantitative estimate of drug-likeness (QED) is 0.337. The Morgan fingerprint density at radius 2 is 2.21 bits per heavy atom. The molecular weight excluding hydrogens is 370 g/mol. The number of aliphatic imine (C=N–C) groups is 1. The molecule has 164 valence electrons. The monoisotopic (exact) mass is 407 g/mol. The van der Waals surface area contributed by atoms with Gasteiger partial charge in [-0.2, -0.15) is 0 Å². The smallest absolute Gasteiger partial charge is 0.191 e. The maximum absolute atomic E-state index is 5.85. The number of rotatable bonds is 10. The molecule has 0 saturated carbocycles. The van der Waals surface area contributed by atoms with Crippen LogP contribution in [0.5, 0.6) is 0 Å². The van der Waals surface area contributed by atoms with Crippen LogP contribution in [-0.4, -0.2) is 83.8 Å². The first kappa shape index (κ1) is 22.0. The van der Waals surface area contributed by atoms with E-state index < -0.39 is 0 Å². The van der Waals surface area contributed by atoms with Gasteiger partial charge >= 0.3 is 0 Å². The van der Waals surface area contributed by atoms with Crippen molar-refractivity contribution in [3.05, 3.63) is 11.6 Å². The Labute approximate surface area is 174 Å². The van der Waals surface area contributed by atoms with Crippen molar-refractivity contribution < 1.29 is 9.47 Å². The first-order valence-corrected chi connectivity index (χ1v) is 11.0. The van der Waals surface area contributed by atoms with E-state index in [9.17, 15) is 0 Å². The molecule has 2 aliphatic heterocycles. The molecule has 1 aromatic heterocycles. The average Bonchev–Trinajstić information content (AvgIpc) is 3.47. The highest BCUT2D eigenvalue weighted by Gasteiger charge is 2.22. The van der Waals surface area contributed by atoms with Crippen LogP contribution in [0, 0.1) is 6.92 Å². The zero-order valence-electron chi connectivity index (χ0n) is 18.2. The van der Waals surface area contributed by atoms with Crippen molar-refractivity contribution in [3.8, 4) is 0 Å². The molecule has 2 fully saturated rings. The van der Waals surface area contributed by atoms with Crippen LogP contribution >= 0.6 is 0 Å². The van der Waals surface area contributed by atoms with Gasteiger partial charge in [-0.25, -0.2) is 4.99 Å². The molecule has 0 aromatic carbocycles. The van der Waals surface area contributed by atoms with Gasteiger partial charge in [0.05, 0.1) is 12.7 Å². The van der Waals surface area contributed by atoms with Gasteiger partial charge in [0, 0.05) is 39.4 Å². The molecule has 3 heterocycles. The Bertz CT molecular complexity index is 643. The average molecular weight is 408 g/mol. The summed E-state index contributed by atoms with van der Waals surface area (Å²) in [4.78, 5) is 7.28. The van der Waals surface area contributed by atoms with Gasteiger partial charge in [-0.05, 0) is 45.7 Å². The van der Waals surface area contributed by atoms with Crippen molar-refractivity contribution in [3.63, 3.8) is 0 Å². The van der Waals surface area contributed by atoms with Gasteiger partial charge in [-0.3, -0.25) is 4.90 Å². The van der Waals surface area contributed by atoms with Gasteiger partial charge in [0.1, 0.15) is 12.4 Å². The van der Waals surface area contributed by atoms with Crippen molar-refractivity contribution in [2.45, 2.75) is 58.2 Å². The predicted octanol–water partition coefficient (Wildman–Crippen LogP) is 0.839. The van der Waals surface area contributed by atoms with Crippen molar-refractivity contribution in [2.24, 2.45) is 12.0 Å². The van der Waals surface area contributed by atoms with E-state index in [2.05, 4.69) is 32.7 Å². The minimum atomic E-state index is 0.266. The molecule has 9 nitrogen and oxygen atoms in total. The third-order valence-corrected chi connectivity index (χ3v) is 5.83. The topological polar surface area (TPSA) is 88.8 Å². The third kappa shape index (κ3) is 6.65. The molecule has 2 aliphatic rings. The fraction of sp³-hybridized carbons (Fsp3) is 0.850. The van der Waals surface area contributed by atoms with Crippen molar-refractivity contribution in [1.82, 2.24) is 30.3 Å². The molecule has 2 unspecified atom stereocenters. The summed E-state index contributed by atoms with van der Waals surface area (Å²) in [7, 11) is 1.97. The SMILES string of the molecule is CCN1CCCC1CNC(=NCc1nnc(C)n1C)NCCCOC1CCOC1. The molecular formula is C20H37N7O2. The zero-order valence-corrected chi connectivity index (χ0v) is 18.2. The summed E-state index contributed by atoms with van der Waals surface area (Å²) in [6, 6.07) is 0.578. The maximum atomic E-state index is 5.85. The van der Waals surface area contributed by atoms with Crippen LogP contribution in [0.4, 0.5) is 0 Å². The fourth-order valence-electron chi connectivity index (χ4n) is 3.84. The molecule has 2 saturated heterocycles. The summed E-state index contributed by atoms with van der Waals surface area (Å²) in [5.74, 6) is 2.59. The van der Waals surface area contributed by atoms with Gasteiger partial charge in [0.2, 0.25) is 0 Å². The molecule has 0 amide bonds. The van der Waals surface area contributed by atoms with E-state index in [1.54, 1.807) is 0 Å². The summed E-state index contributed by atoms with van der Waals surface area (Å²) in [5.41, 5.74) is 0. The number of guanidine groups is 1. The lowest BCUT2D eigenvalue weighted by molar-refractivity contribution is 0.0420. The van der Waals surface area contributed by atoms with E-state index in [0.29, 0.717) is 12.6 Å². The highest BCUT2D eigenvalue weighted by Crippen LogP contribution is 2.15. The minimum absolute atomic E-state index is 0.266. The Balaban J connectivity index is 1.47. The molecule has 0 aliphatic carbocycles. The summed E-state index contributed by atoms with van der Waals surface area (Å²) < 4.78 is 13.2. The van der Waals surface area contributed by atoms with Crippen molar-refractivity contribution in [2.75, 3.05) is 46.0 Å². The Morgan fingerprint density at radius 3 is 2.93 bits per heavy atom. The van der Waals surface area contributed by atoms with Crippen molar-refractivity contribution >= 4 is 5.96 Å². The highest BCUT2D eigenvalue weighted by atomic mass is 16.5. The third-order valence-electron chi connectivity index (χ3n) is 5.83. The fourth-order valence-corrected chi connectivity index (χ4v) is 3.84. The summed E-state index contributed by atoms with van der Waals surface area (Å²) in [6.45, 7) is 11.0. The number of aryl methyl sites for hydroxylation is 1. The molecule has 0 radical (unpaired) electrons. The number of hydrogen-bond acceptors (Lipinski definition) is 6. The number of nitrogens with one attached hydrogen (secondary N) is 2. The standard InChI is InChI=1S/C20H37N7O2/c1-4-27-10-5-7-17(27)13-22-20(23-14-19-25-24-16(2)26(19)3)21-9-6-11-29-18-8-12-28-15-18/h17-18H,4-15H2,1-3H3,(H2,21,22,23).